The third-order valence-electron chi connectivity index (χ3n) is 4.46. The molecule has 2 atom stereocenters. The zero-order valence-electron chi connectivity index (χ0n) is 14.4. The zero-order valence-corrected chi connectivity index (χ0v) is 14.4. The van der Waals surface area contributed by atoms with E-state index in [-0.39, 0.29) is 36.9 Å². The van der Waals surface area contributed by atoms with Gasteiger partial charge in [0, 0.05) is 25.7 Å². The Labute approximate surface area is 154 Å². The topological polar surface area (TPSA) is 82.5 Å². The Morgan fingerprint density at radius 2 is 2.11 bits per heavy atom. The van der Waals surface area contributed by atoms with Gasteiger partial charge in [-0.2, -0.15) is 0 Å². The Morgan fingerprint density at radius 1 is 1.30 bits per heavy atom. The molecule has 142 valence electrons. The number of hydrogen-bond acceptors (Lipinski definition) is 4. The third kappa shape index (κ3) is 4.65. The van der Waals surface area contributed by atoms with E-state index in [1.165, 1.54) is 6.07 Å². The number of carbonyl (C=O) groups excluding carboxylic acids is 2. The van der Waals surface area contributed by atoms with Gasteiger partial charge >= 0.3 is 0 Å². The van der Waals surface area contributed by atoms with Crippen LogP contribution in [0.15, 0.2) is 42.6 Å². The normalized spacial score (nSPS) is 17.8. The second-order valence-electron chi connectivity index (χ2n) is 6.43. The van der Waals surface area contributed by atoms with Crippen molar-refractivity contribution in [2.75, 3.05) is 13.1 Å². The summed E-state index contributed by atoms with van der Waals surface area (Å²) in [5.41, 5.74) is 0.897. The van der Waals surface area contributed by atoms with Crippen molar-refractivity contribution in [2.45, 2.75) is 19.1 Å². The van der Waals surface area contributed by atoms with Gasteiger partial charge in [-0.1, -0.05) is 12.1 Å². The highest BCUT2D eigenvalue weighted by atomic mass is 19.2. The maximum absolute atomic E-state index is 13.2. The number of aliphatic hydroxyl groups excluding tert-OH is 1. The van der Waals surface area contributed by atoms with Gasteiger partial charge in [-0.3, -0.25) is 14.6 Å². The summed E-state index contributed by atoms with van der Waals surface area (Å²) < 4.78 is 26.2. The molecule has 1 saturated heterocycles. The second kappa shape index (κ2) is 8.22. The molecule has 2 N–H and O–H groups in total. The van der Waals surface area contributed by atoms with Gasteiger partial charge in [-0.15, -0.1) is 0 Å². The molecule has 1 aliphatic rings. The summed E-state index contributed by atoms with van der Waals surface area (Å²) in [5, 5.41) is 12.6. The van der Waals surface area contributed by atoms with Crippen molar-refractivity contribution in [1.82, 2.24) is 15.2 Å². The first-order chi connectivity index (χ1) is 12.9. The number of rotatable bonds is 6. The molecule has 0 unspecified atom stereocenters. The van der Waals surface area contributed by atoms with Crippen molar-refractivity contribution >= 4 is 11.8 Å². The smallest absolute Gasteiger partial charge is 0.225 e. The number of aromatic nitrogens is 1. The predicted molar refractivity (Wildman–Crippen MR) is 92.1 cm³/mol. The van der Waals surface area contributed by atoms with Crippen molar-refractivity contribution < 1.29 is 23.5 Å². The van der Waals surface area contributed by atoms with Crippen LogP contribution in [0.5, 0.6) is 0 Å². The van der Waals surface area contributed by atoms with Gasteiger partial charge in [-0.25, -0.2) is 8.78 Å². The summed E-state index contributed by atoms with van der Waals surface area (Å²) >= 11 is 0. The molecule has 1 aromatic carbocycles. The molecule has 2 aromatic rings. The van der Waals surface area contributed by atoms with E-state index in [1.807, 2.05) is 6.07 Å². The van der Waals surface area contributed by atoms with Crippen molar-refractivity contribution in [3.05, 3.63) is 65.5 Å². The molecule has 1 aliphatic heterocycles. The summed E-state index contributed by atoms with van der Waals surface area (Å²) in [7, 11) is 0. The van der Waals surface area contributed by atoms with E-state index in [9.17, 15) is 23.5 Å². The predicted octanol–water partition coefficient (Wildman–Crippen LogP) is 1.56. The fourth-order valence-electron chi connectivity index (χ4n) is 2.97. The summed E-state index contributed by atoms with van der Waals surface area (Å²) in [6, 6.07) is 8.47. The number of aliphatic hydroxyl groups is 1. The minimum atomic E-state index is -1.18. The molecule has 3 rings (SSSR count). The standard InChI is InChI=1S/C19H19F2N3O3/c20-15-5-4-12(7-16(15)21)17(25)9-23-19(27)13-8-18(26)24(10-13)11-14-3-1-2-6-22-14/h1-7,13,17,25H,8-11H2,(H,23,27)/t13-,17+/m1/s1. The second-order valence-corrected chi connectivity index (χ2v) is 6.43. The van der Waals surface area contributed by atoms with Crippen LogP contribution in [0.1, 0.15) is 23.8 Å². The van der Waals surface area contributed by atoms with Crippen LogP contribution in [0, 0.1) is 17.6 Å². The van der Waals surface area contributed by atoms with Gasteiger partial charge in [-0.05, 0) is 29.8 Å². The average Bonchev–Trinajstić information content (AvgIpc) is 3.03. The Kier molecular flexibility index (Phi) is 5.75. The fourth-order valence-corrected chi connectivity index (χ4v) is 2.97. The highest BCUT2D eigenvalue weighted by molar-refractivity contribution is 5.89. The van der Waals surface area contributed by atoms with Crippen molar-refractivity contribution in [2.24, 2.45) is 5.92 Å². The van der Waals surface area contributed by atoms with Crippen LogP contribution < -0.4 is 5.32 Å². The number of pyridine rings is 1. The lowest BCUT2D eigenvalue weighted by Gasteiger charge is -2.17. The molecular weight excluding hydrogens is 356 g/mol. The average molecular weight is 375 g/mol. The lowest BCUT2D eigenvalue weighted by atomic mass is 10.1. The number of amides is 2. The zero-order chi connectivity index (χ0) is 19.4. The highest BCUT2D eigenvalue weighted by Crippen LogP contribution is 2.21. The number of likely N-dealkylation sites (tertiary alicyclic amines) is 1. The van der Waals surface area contributed by atoms with E-state index in [0.29, 0.717) is 6.54 Å². The first-order valence-corrected chi connectivity index (χ1v) is 8.52. The molecule has 6 nitrogen and oxygen atoms in total. The van der Waals surface area contributed by atoms with Crippen LogP contribution in [0.25, 0.3) is 0 Å². The fraction of sp³-hybridized carbons (Fsp3) is 0.316. The molecule has 0 radical (unpaired) electrons. The molecule has 0 bridgehead atoms. The van der Waals surface area contributed by atoms with Gasteiger partial charge in [0.2, 0.25) is 11.8 Å². The maximum Gasteiger partial charge on any atom is 0.225 e. The van der Waals surface area contributed by atoms with E-state index in [0.717, 1.165) is 17.8 Å². The number of halogens is 2. The lowest BCUT2D eigenvalue weighted by molar-refractivity contribution is -0.129. The first-order valence-electron chi connectivity index (χ1n) is 8.52. The Morgan fingerprint density at radius 3 is 2.81 bits per heavy atom. The van der Waals surface area contributed by atoms with Crippen LogP contribution in [0.3, 0.4) is 0 Å². The minimum Gasteiger partial charge on any atom is -0.387 e. The monoisotopic (exact) mass is 375 g/mol. The largest absolute Gasteiger partial charge is 0.387 e. The maximum atomic E-state index is 13.2. The van der Waals surface area contributed by atoms with Gasteiger partial charge in [0.25, 0.3) is 0 Å². The minimum absolute atomic E-state index is 0.0833. The summed E-state index contributed by atoms with van der Waals surface area (Å²) in [6.45, 7) is 0.443. The van der Waals surface area contributed by atoms with Crippen LogP contribution in [0.2, 0.25) is 0 Å². The van der Waals surface area contributed by atoms with Crippen molar-refractivity contribution in [1.29, 1.82) is 0 Å². The van der Waals surface area contributed by atoms with Crippen LogP contribution in [-0.2, 0) is 16.1 Å². The van der Waals surface area contributed by atoms with E-state index < -0.39 is 23.7 Å². The molecule has 0 saturated carbocycles. The molecule has 8 heteroatoms. The number of nitrogens with zero attached hydrogens (tertiary/aromatic N) is 2. The van der Waals surface area contributed by atoms with E-state index in [4.69, 9.17) is 0 Å². The molecular formula is C19H19F2N3O3. The number of benzene rings is 1. The highest BCUT2D eigenvalue weighted by Gasteiger charge is 2.34. The van der Waals surface area contributed by atoms with Gasteiger partial charge in [0.15, 0.2) is 11.6 Å². The molecule has 0 spiro atoms. The molecule has 2 amide bonds. The van der Waals surface area contributed by atoms with Crippen LogP contribution >= 0.6 is 0 Å². The summed E-state index contributed by atoms with van der Waals surface area (Å²) in [5.74, 6) is -3.11. The number of carbonyl (C=O) groups is 2. The Balaban J connectivity index is 1.52. The number of hydrogen-bond donors (Lipinski definition) is 2. The third-order valence-corrected chi connectivity index (χ3v) is 4.46. The van der Waals surface area contributed by atoms with Crippen LogP contribution in [-0.4, -0.2) is 39.9 Å². The van der Waals surface area contributed by atoms with E-state index in [1.54, 1.807) is 23.2 Å². The Bertz CT molecular complexity index is 832. The molecule has 2 heterocycles. The lowest BCUT2D eigenvalue weighted by Crippen LogP contribution is -2.35. The molecule has 27 heavy (non-hydrogen) atoms. The van der Waals surface area contributed by atoms with E-state index in [2.05, 4.69) is 10.3 Å². The number of nitrogens with one attached hydrogen (secondary N) is 1. The Hall–Kier alpha value is -2.87. The van der Waals surface area contributed by atoms with Crippen molar-refractivity contribution in [3.8, 4) is 0 Å². The SMILES string of the molecule is O=C(NC[C@H](O)c1ccc(F)c(F)c1)[C@@H]1CC(=O)N(Cc2ccccn2)C1. The van der Waals surface area contributed by atoms with Crippen LogP contribution in [0.4, 0.5) is 8.78 Å². The molecule has 1 aromatic heterocycles. The van der Waals surface area contributed by atoms with Crippen molar-refractivity contribution in [3.63, 3.8) is 0 Å². The van der Waals surface area contributed by atoms with E-state index >= 15 is 0 Å². The van der Waals surface area contributed by atoms with Gasteiger partial charge < -0.3 is 15.3 Å². The summed E-state index contributed by atoms with van der Waals surface area (Å²) in [4.78, 5) is 30.1. The quantitative estimate of drug-likeness (QED) is 0.803. The first kappa shape index (κ1) is 18.9. The molecule has 0 aliphatic carbocycles. The summed E-state index contributed by atoms with van der Waals surface area (Å²) in [6.07, 6.45) is 0.547. The van der Waals surface area contributed by atoms with Gasteiger partial charge in [0.1, 0.15) is 0 Å². The van der Waals surface area contributed by atoms with Gasteiger partial charge in [0.05, 0.1) is 24.3 Å². The molecule has 1 fully saturated rings.